The number of benzene rings is 2. The van der Waals surface area contributed by atoms with E-state index in [1.807, 2.05) is 36.4 Å². The van der Waals surface area contributed by atoms with Gasteiger partial charge in [-0.1, -0.05) is 60.7 Å². The summed E-state index contributed by atoms with van der Waals surface area (Å²) < 4.78 is 10.2. The Morgan fingerprint density at radius 3 is 2.10 bits per heavy atom. The summed E-state index contributed by atoms with van der Waals surface area (Å²) in [6.07, 6.45) is 0.130. The van der Waals surface area contributed by atoms with Crippen LogP contribution < -0.4 is 5.32 Å². The number of carbonyl (C=O) groups is 3. The molecular formula is C22H18N2O6S. The summed E-state index contributed by atoms with van der Waals surface area (Å²) >= 11 is 1.00. The van der Waals surface area contributed by atoms with Crippen molar-refractivity contribution in [1.82, 2.24) is 4.98 Å². The fraction of sp³-hybridized carbons (Fsp3) is 0.0909. The summed E-state index contributed by atoms with van der Waals surface area (Å²) in [5.74, 6) is -2.16. The molecule has 1 amide bonds. The van der Waals surface area contributed by atoms with E-state index in [9.17, 15) is 19.5 Å². The van der Waals surface area contributed by atoms with Crippen LogP contribution >= 0.6 is 11.3 Å². The summed E-state index contributed by atoms with van der Waals surface area (Å²) in [5, 5.41) is 13.4. The number of ether oxygens (including phenoxy) is 2. The summed E-state index contributed by atoms with van der Waals surface area (Å²) in [5.41, 5.74) is 1.27. The van der Waals surface area contributed by atoms with E-state index in [2.05, 4.69) is 10.3 Å². The molecule has 0 atom stereocenters. The maximum absolute atomic E-state index is 12.0. The number of amides is 1. The molecule has 0 aliphatic heterocycles. The minimum atomic E-state index is -1.35. The number of carboxylic acids is 1. The van der Waals surface area contributed by atoms with E-state index in [1.165, 1.54) is 5.38 Å². The number of nitrogens with zero attached hydrogens (tertiary/aromatic N) is 1. The molecular weight excluding hydrogens is 420 g/mol. The Bertz CT molecular complexity index is 1080. The highest BCUT2D eigenvalue weighted by Gasteiger charge is 2.18. The zero-order chi connectivity index (χ0) is 22.1. The van der Waals surface area contributed by atoms with Crippen LogP contribution in [0.3, 0.4) is 0 Å². The fourth-order valence-corrected chi connectivity index (χ4v) is 3.13. The third-order valence-electron chi connectivity index (χ3n) is 3.92. The van der Waals surface area contributed by atoms with Crippen molar-refractivity contribution in [3.63, 3.8) is 0 Å². The summed E-state index contributed by atoms with van der Waals surface area (Å²) in [6, 6.07) is 18.1. The number of carbonyl (C=O) groups excluding carboxylic acids is 2. The highest BCUT2D eigenvalue weighted by atomic mass is 32.1. The molecule has 0 fully saturated rings. The average Bonchev–Trinajstić information content (AvgIpc) is 3.23. The molecule has 158 valence electrons. The van der Waals surface area contributed by atoms with Crippen molar-refractivity contribution in [2.75, 3.05) is 5.32 Å². The first-order valence-corrected chi connectivity index (χ1v) is 9.98. The molecule has 0 aliphatic rings. The molecule has 0 bridgehead atoms. The second kappa shape index (κ2) is 10.7. The van der Waals surface area contributed by atoms with Gasteiger partial charge in [-0.2, -0.15) is 0 Å². The number of thiazole rings is 1. The topological polar surface area (TPSA) is 115 Å². The van der Waals surface area contributed by atoms with Gasteiger partial charge in [0.15, 0.2) is 5.13 Å². The Hall–Kier alpha value is -3.98. The van der Waals surface area contributed by atoms with Crippen LogP contribution in [0.4, 0.5) is 9.93 Å². The number of aromatic nitrogens is 1. The van der Waals surface area contributed by atoms with Gasteiger partial charge in [-0.3, -0.25) is 5.32 Å². The van der Waals surface area contributed by atoms with Gasteiger partial charge < -0.3 is 14.6 Å². The highest BCUT2D eigenvalue weighted by molar-refractivity contribution is 7.14. The maximum Gasteiger partial charge on any atom is 0.413 e. The van der Waals surface area contributed by atoms with Crippen molar-refractivity contribution in [2.24, 2.45) is 0 Å². The van der Waals surface area contributed by atoms with Gasteiger partial charge in [0.05, 0.1) is 11.3 Å². The van der Waals surface area contributed by atoms with Gasteiger partial charge in [-0.15, -0.1) is 11.3 Å². The SMILES string of the molecule is O=C(C=C(C(=O)O)c1csc(NC(=O)OCc2ccccc2)n1)OCc1ccccc1. The third kappa shape index (κ3) is 6.79. The average molecular weight is 438 g/mol. The lowest BCUT2D eigenvalue weighted by Gasteiger charge is -2.05. The number of carboxylic acid groups (broad SMARTS) is 1. The molecule has 8 nitrogen and oxygen atoms in total. The van der Waals surface area contributed by atoms with Crippen LogP contribution in [0.2, 0.25) is 0 Å². The van der Waals surface area contributed by atoms with E-state index >= 15 is 0 Å². The lowest BCUT2D eigenvalue weighted by molar-refractivity contribution is -0.139. The molecule has 0 unspecified atom stereocenters. The van der Waals surface area contributed by atoms with E-state index in [0.29, 0.717) is 0 Å². The molecule has 0 saturated carbocycles. The predicted octanol–water partition coefficient (Wildman–Crippen LogP) is 4.10. The van der Waals surface area contributed by atoms with E-state index in [0.717, 1.165) is 28.5 Å². The minimum absolute atomic E-state index is 0.0141. The predicted molar refractivity (Wildman–Crippen MR) is 114 cm³/mol. The fourth-order valence-electron chi connectivity index (χ4n) is 2.43. The molecule has 2 N–H and O–H groups in total. The standard InChI is InChI=1S/C22H18N2O6S/c25-19(29-12-15-7-3-1-4-8-15)11-17(20(26)27)18-14-31-21(23-18)24-22(28)30-13-16-9-5-2-6-10-16/h1-11,14H,12-13H2,(H,26,27)(H,23,24,28). The van der Waals surface area contributed by atoms with Gasteiger partial charge >= 0.3 is 18.0 Å². The zero-order valence-electron chi connectivity index (χ0n) is 16.2. The molecule has 0 aliphatic carbocycles. The molecule has 31 heavy (non-hydrogen) atoms. The first-order chi connectivity index (χ1) is 15.0. The lowest BCUT2D eigenvalue weighted by Crippen LogP contribution is -2.13. The van der Waals surface area contributed by atoms with Crippen molar-refractivity contribution >= 4 is 40.1 Å². The van der Waals surface area contributed by atoms with Crippen LogP contribution in [-0.4, -0.2) is 28.1 Å². The molecule has 0 spiro atoms. The number of esters is 1. The molecule has 3 aromatic rings. The maximum atomic E-state index is 12.0. The number of anilines is 1. The van der Waals surface area contributed by atoms with E-state index in [-0.39, 0.29) is 29.6 Å². The molecule has 2 aromatic carbocycles. The van der Waals surface area contributed by atoms with Gasteiger partial charge in [0, 0.05) is 11.5 Å². The van der Waals surface area contributed by atoms with Gasteiger partial charge in [-0.05, 0) is 11.1 Å². The third-order valence-corrected chi connectivity index (χ3v) is 4.68. The zero-order valence-corrected chi connectivity index (χ0v) is 17.0. The van der Waals surface area contributed by atoms with Crippen LogP contribution in [0.1, 0.15) is 16.8 Å². The first kappa shape index (κ1) is 21.7. The van der Waals surface area contributed by atoms with E-state index in [1.54, 1.807) is 24.3 Å². The van der Waals surface area contributed by atoms with Gasteiger partial charge in [-0.25, -0.2) is 19.4 Å². The van der Waals surface area contributed by atoms with Crippen molar-refractivity contribution in [2.45, 2.75) is 13.2 Å². The smallest absolute Gasteiger partial charge is 0.413 e. The Balaban J connectivity index is 1.59. The van der Waals surface area contributed by atoms with Crippen LogP contribution in [0, 0.1) is 0 Å². The summed E-state index contributed by atoms with van der Waals surface area (Å²) in [7, 11) is 0. The molecule has 0 saturated heterocycles. The quantitative estimate of drug-likeness (QED) is 0.402. The lowest BCUT2D eigenvalue weighted by atomic mass is 10.2. The van der Waals surface area contributed by atoms with Crippen LogP contribution in [0.15, 0.2) is 72.1 Å². The molecule has 0 radical (unpaired) electrons. The Kier molecular flexibility index (Phi) is 7.50. The van der Waals surface area contributed by atoms with E-state index < -0.39 is 18.0 Å². The van der Waals surface area contributed by atoms with Gasteiger partial charge in [0.25, 0.3) is 0 Å². The number of nitrogens with one attached hydrogen (secondary N) is 1. The Morgan fingerprint density at radius 2 is 1.52 bits per heavy atom. The van der Waals surface area contributed by atoms with Crippen molar-refractivity contribution < 1.29 is 29.0 Å². The molecule has 9 heteroatoms. The van der Waals surface area contributed by atoms with Crippen molar-refractivity contribution in [3.8, 4) is 0 Å². The summed E-state index contributed by atoms with van der Waals surface area (Å²) in [6.45, 7) is 0.0959. The minimum Gasteiger partial charge on any atom is -0.478 e. The van der Waals surface area contributed by atoms with Crippen LogP contribution in [0.25, 0.3) is 5.57 Å². The normalized spacial score (nSPS) is 10.9. The molecule has 1 heterocycles. The second-order valence-corrected chi connectivity index (χ2v) is 7.04. The second-order valence-electron chi connectivity index (χ2n) is 6.18. The van der Waals surface area contributed by atoms with E-state index in [4.69, 9.17) is 9.47 Å². The first-order valence-electron chi connectivity index (χ1n) is 9.10. The van der Waals surface area contributed by atoms with Crippen molar-refractivity contribution in [1.29, 1.82) is 0 Å². The van der Waals surface area contributed by atoms with Gasteiger partial charge in [0.2, 0.25) is 0 Å². The van der Waals surface area contributed by atoms with Crippen molar-refractivity contribution in [3.05, 3.63) is 88.9 Å². The summed E-state index contributed by atoms with van der Waals surface area (Å²) in [4.78, 5) is 39.6. The number of rotatable bonds is 8. The Labute approximate surface area is 181 Å². The molecule has 3 rings (SSSR count). The molecule has 1 aromatic heterocycles. The van der Waals surface area contributed by atoms with Gasteiger partial charge in [0.1, 0.15) is 13.2 Å². The number of hydrogen-bond donors (Lipinski definition) is 2. The number of aliphatic carboxylic acids is 1. The van der Waals surface area contributed by atoms with Crippen LogP contribution in [-0.2, 0) is 32.3 Å². The highest BCUT2D eigenvalue weighted by Crippen LogP contribution is 2.22. The monoisotopic (exact) mass is 438 g/mol. The van der Waals surface area contributed by atoms with Crippen LogP contribution in [0.5, 0.6) is 0 Å². The Morgan fingerprint density at radius 1 is 0.935 bits per heavy atom. The largest absolute Gasteiger partial charge is 0.478 e. The number of hydrogen-bond acceptors (Lipinski definition) is 7.